The monoisotopic (exact) mass is 330 g/mol. The molecule has 0 aromatic heterocycles. The minimum absolute atomic E-state index is 0.201. The molecular formula is C21H34N2O. The van der Waals surface area contributed by atoms with Crippen molar-refractivity contribution >= 4 is 5.91 Å². The topological polar surface area (TPSA) is 32.3 Å². The van der Waals surface area contributed by atoms with Gasteiger partial charge in [0.05, 0.1) is 0 Å². The number of hydrogen-bond acceptors (Lipinski definition) is 2. The van der Waals surface area contributed by atoms with Gasteiger partial charge in [-0.25, -0.2) is 0 Å². The summed E-state index contributed by atoms with van der Waals surface area (Å²) in [4.78, 5) is 14.1. The Labute approximate surface area is 148 Å². The van der Waals surface area contributed by atoms with Crippen LogP contribution in [0.5, 0.6) is 0 Å². The van der Waals surface area contributed by atoms with E-state index in [1.54, 1.807) is 0 Å². The van der Waals surface area contributed by atoms with E-state index in [1.807, 2.05) is 12.1 Å². The minimum Gasteiger partial charge on any atom is -0.356 e. The summed E-state index contributed by atoms with van der Waals surface area (Å²) >= 11 is 0. The maximum absolute atomic E-state index is 11.8. The first kappa shape index (κ1) is 20.4. The molecule has 1 aromatic rings. The average Bonchev–Trinajstić information content (AvgIpc) is 2.59. The quantitative estimate of drug-likeness (QED) is 0.401. The molecule has 3 nitrogen and oxygen atoms in total. The van der Waals surface area contributed by atoms with E-state index in [9.17, 15) is 4.79 Å². The number of rotatable bonds is 14. The summed E-state index contributed by atoms with van der Waals surface area (Å²) in [7, 11) is 2.13. The standard InChI is InChI=1S/C21H34N2O/c1-3-4-5-6-7-8-12-16-21(24)22-17-13-18-23(2)19-20-14-10-9-11-15-20/h3,9-11,14-15H,1,4-8,12-13,16-19H2,2H3,(H,22,24). The predicted molar refractivity (Wildman–Crippen MR) is 103 cm³/mol. The third-order valence-electron chi connectivity index (χ3n) is 4.15. The lowest BCUT2D eigenvalue weighted by Gasteiger charge is -2.16. The van der Waals surface area contributed by atoms with Gasteiger partial charge in [0.2, 0.25) is 5.91 Å². The van der Waals surface area contributed by atoms with E-state index in [-0.39, 0.29) is 5.91 Å². The Morgan fingerprint density at radius 1 is 1.08 bits per heavy atom. The zero-order valence-corrected chi connectivity index (χ0v) is 15.3. The highest BCUT2D eigenvalue weighted by Crippen LogP contribution is 2.07. The first-order valence-corrected chi connectivity index (χ1v) is 9.32. The van der Waals surface area contributed by atoms with Gasteiger partial charge in [0.25, 0.3) is 0 Å². The van der Waals surface area contributed by atoms with Gasteiger partial charge in [0.1, 0.15) is 0 Å². The molecule has 24 heavy (non-hydrogen) atoms. The Morgan fingerprint density at radius 3 is 2.54 bits per heavy atom. The van der Waals surface area contributed by atoms with Crippen molar-refractivity contribution in [3.63, 3.8) is 0 Å². The van der Waals surface area contributed by atoms with Crippen molar-refractivity contribution in [1.29, 1.82) is 0 Å². The Morgan fingerprint density at radius 2 is 1.79 bits per heavy atom. The van der Waals surface area contributed by atoms with Crippen molar-refractivity contribution in [3.05, 3.63) is 48.6 Å². The van der Waals surface area contributed by atoms with Crippen LogP contribution in [-0.4, -0.2) is 30.9 Å². The molecule has 0 radical (unpaired) electrons. The van der Waals surface area contributed by atoms with Crippen molar-refractivity contribution in [2.24, 2.45) is 0 Å². The van der Waals surface area contributed by atoms with Crippen LogP contribution in [0.1, 0.15) is 56.9 Å². The Bertz CT molecular complexity index is 444. The van der Waals surface area contributed by atoms with E-state index in [0.29, 0.717) is 6.42 Å². The van der Waals surface area contributed by atoms with Crippen molar-refractivity contribution in [2.75, 3.05) is 20.1 Å². The first-order chi connectivity index (χ1) is 11.7. The molecule has 134 valence electrons. The molecule has 0 saturated carbocycles. The summed E-state index contributed by atoms with van der Waals surface area (Å²) in [6.07, 6.45) is 10.6. The van der Waals surface area contributed by atoms with Crippen molar-refractivity contribution in [2.45, 2.75) is 57.9 Å². The molecule has 0 unspecified atom stereocenters. The summed E-state index contributed by atoms with van der Waals surface area (Å²) in [6.45, 7) is 6.46. The zero-order chi connectivity index (χ0) is 17.5. The highest BCUT2D eigenvalue weighted by atomic mass is 16.1. The average molecular weight is 331 g/mol. The van der Waals surface area contributed by atoms with E-state index in [0.717, 1.165) is 45.3 Å². The Kier molecular flexibility index (Phi) is 11.7. The van der Waals surface area contributed by atoms with Crippen LogP contribution >= 0.6 is 0 Å². The number of nitrogens with one attached hydrogen (secondary N) is 1. The van der Waals surface area contributed by atoms with Gasteiger partial charge in [-0.2, -0.15) is 0 Å². The van der Waals surface area contributed by atoms with E-state index in [2.05, 4.69) is 48.1 Å². The number of carbonyl (C=O) groups excluding carboxylic acids is 1. The van der Waals surface area contributed by atoms with Crippen LogP contribution in [0.25, 0.3) is 0 Å². The summed E-state index contributed by atoms with van der Waals surface area (Å²) in [5.74, 6) is 0.201. The molecular weight excluding hydrogens is 296 g/mol. The van der Waals surface area contributed by atoms with E-state index in [4.69, 9.17) is 0 Å². The normalized spacial score (nSPS) is 10.8. The van der Waals surface area contributed by atoms with Crippen LogP contribution in [0.4, 0.5) is 0 Å². The molecule has 1 rings (SSSR count). The number of unbranched alkanes of at least 4 members (excludes halogenated alkanes) is 5. The molecule has 0 atom stereocenters. The van der Waals surface area contributed by atoms with Gasteiger partial charge in [0, 0.05) is 19.5 Å². The van der Waals surface area contributed by atoms with E-state index >= 15 is 0 Å². The summed E-state index contributed by atoms with van der Waals surface area (Å²) in [5.41, 5.74) is 1.33. The maximum Gasteiger partial charge on any atom is 0.219 e. The van der Waals surface area contributed by atoms with Crippen molar-refractivity contribution in [3.8, 4) is 0 Å². The van der Waals surface area contributed by atoms with Crippen molar-refractivity contribution in [1.82, 2.24) is 10.2 Å². The number of benzene rings is 1. The molecule has 0 fully saturated rings. The third kappa shape index (κ3) is 11.0. The van der Waals surface area contributed by atoms with E-state index in [1.165, 1.54) is 24.8 Å². The lowest BCUT2D eigenvalue weighted by atomic mass is 10.1. The summed E-state index contributed by atoms with van der Waals surface area (Å²) in [5, 5.41) is 3.03. The molecule has 1 amide bonds. The van der Waals surface area contributed by atoms with Gasteiger partial charge in [-0.1, -0.05) is 55.7 Å². The van der Waals surface area contributed by atoms with E-state index < -0.39 is 0 Å². The Hall–Kier alpha value is -1.61. The molecule has 0 bridgehead atoms. The second kappa shape index (κ2) is 13.8. The van der Waals surface area contributed by atoms with Crippen LogP contribution in [0.2, 0.25) is 0 Å². The molecule has 1 N–H and O–H groups in total. The summed E-state index contributed by atoms with van der Waals surface area (Å²) in [6, 6.07) is 10.5. The van der Waals surface area contributed by atoms with Gasteiger partial charge < -0.3 is 10.2 Å². The second-order valence-corrected chi connectivity index (χ2v) is 6.52. The smallest absolute Gasteiger partial charge is 0.219 e. The number of amides is 1. The molecule has 1 aromatic carbocycles. The van der Waals surface area contributed by atoms with Crippen LogP contribution in [0.15, 0.2) is 43.0 Å². The maximum atomic E-state index is 11.8. The fourth-order valence-corrected chi connectivity index (χ4v) is 2.74. The predicted octanol–water partition coefficient (Wildman–Crippen LogP) is 4.54. The van der Waals surface area contributed by atoms with Crippen LogP contribution in [-0.2, 0) is 11.3 Å². The fraction of sp³-hybridized carbons (Fsp3) is 0.571. The summed E-state index contributed by atoms with van der Waals surface area (Å²) < 4.78 is 0. The second-order valence-electron chi connectivity index (χ2n) is 6.52. The molecule has 0 saturated heterocycles. The number of nitrogens with zero attached hydrogens (tertiary/aromatic N) is 1. The third-order valence-corrected chi connectivity index (χ3v) is 4.15. The number of carbonyl (C=O) groups is 1. The Balaban J connectivity index is 1.94. The lowest BCUT2D eigenvalue weighted by molar-refractivity contribution is -0.121. The lowest BCUT2D eigenvalue weighted by Crippen LogP contribution is -2.27. The molecule has 0 aliphatic heterocycles. The highest BCUT2D eigenvalue weighted by Gasteiger charge is 2.02. The van der Waals surface area contributed by atoms with Gasteiger partial charge in [-0.15, -0.1) is 6.58 Å². The SMILES string of the molecule is C=CCCCCCCCC(=O)NCCCN(C)Cc1ccccc1. The molecule has 0 heterocycles. The largest absolute Gasteiger partial charge is 0.356 e. The fourth-order valence-electron chi connectivity index (χ4n) is 2.74. The van der Waals surface area contributed by atoms with Crippen LogP contribution in [0.3, 0.4) is 0 Å². The molecule has 3 heteroatoms. The first-order valence-electron chi connectivity index (χ1n) is 9.32. The van der Waals surface area contributed by atoms with Gasteiger partial charge in [-0.3, -0.25) is 4.79 Å². The van der Waals surface area contributed by atoms with Crippen LogP contribution < -0.4 is 5.32 Å². The number of hydrogen-bond donors (Lipinski definition) is 1. The van der Waals surface area contributed by atoms with Crippen LogP contribution in [0, 0.1) is 0 Å². The van der Waals surface area contributed by atoms with Gasteiger partial charge in [-0.05, 0) is 44.8 Å². The molecule has 0 spiro atoms. The zero-order valence-electron chi connectivity index (χ0n) is 15.3. The van der Waals surface area contributed by atoms with Crippen molar-refractivity contribution < 1.29 is 4.79 Å². The number of allylic oxidation sites excluding steroid dienone is 1. The molecule has 0 aliphatic rings. The minimum atomic E-state index is 0.201. The van der Waals surface area contributed by atoms with Gasteiger partial charge >= 0.3 is 0 Å². The highest BCUT2D eigenvalue weighted by molar-refractivity contribution is 5.75. The molecule has 0 aliphatic carbocycles. The van der Waals surface area contributed by atoms with Gasteiger partial charge in [0.15, 0.2) is 0 Å².